The molecule has 0 amide bonds. The van der Waals surface area contributed by atoms with Crippen LogP contribution < -0.4 is 10.5 Å². The second kappa shape index (κ2) is 5.71. The summed E-state index contributed by atoms with van der Waals surface area (Å²) >= 11 is 1.37. The number of anilines is 1. The van der Waals surface area contributed by atoms with Gasteiger partial charge in [0.15, 0.2) is 0 Å². The molecule has 2 N–H and O–H groups in total. The van der Waals surface area contributed by atoms with Crippen LogP contribution in [0.25, 0.3) is 0 Å². The molecule has 1 aromatic rings. The van der Waals surface area contributed by atoms with Gasteiger partial charge in [0.2, 0.25) is 0 Å². The van der Waals surface area contributed by atoms with E-state index in [0.717, 1.165) is 0 Å². The molecule has 102 valence electrons. The van der Waals surface area contributed by atoms with Crippen molar-refractivity contribution in [3.05, 3.63) is 18.2 Å². The molecule has 0 saturated carbocycles. The van der Waals surface area contributed by atoms with E-state index in [9.17, 15) is 13.2 Å². The minimum atomic E-state index is -4.69. The number of rotatable bonds is 4. The Morgan fingerprint density at radius 2 is 1.94 bits per heavy atom. The van der Waals surface area contributed by atoms with Gasteiger partial charge >= 0.3 is 6.36 Å². The van der Waals surface area contributed by atoms with Gasteiger partial charge in [0, 0.05) is 10.6 Å². The molecule has 1 atom stereocenters. The molecule has 1 rings (SSSR count). The van der Waals surface area contributed by atoms with E-state index in [-0.39, 0.29) is 11.1 Å². The Bertz CT molecular complexity index is 410. The highest BCUT2D eigenvalue weighted by atomic mass is 32.2. The fourth-order valence-electron chi connectivity index (χ4n) is 1.10. The molecule has 3 nitrogen and oxygen atoms in total. The summed E-state index contributed by atoms with van der Waals surface area (Å²) in [4.78, 5) is 2.50. The Labute approximate surface area is 108 Å². The minimum Gasteiger partial charge on any atom is -0.406 e. The largest absolute Gasteiger partial charge is 0.573 e. The summed E-state index contributed by atoms with van der Waals surface area (Å²) in [5.74, 6) is -0.259. The lowest BCUT2D eigenvalue weighted by molar-refractivity contribution is -0.274. The smallest absolute Gasteiger partial charge is 0.406 e. The van der Waals surface area contributed by atoms with E-state index in [1.165, 1.54) is 30.0 Å². The van der Waals surface area contributed by atoms with E-state index in [4.69, 9.17) is 5.73 Å². The summed E-state index contributed by atoms with van der Waals surface area (Å²) in [6.07, 6.45) is -4.69. The maximum atomic E-state index is 12.1. The summed E-state index contributed by atoms with van der Waals surface area (Å²) in [6, 6.07) is 3.91. The van der Waals surface area contributed by atoms with Crippen LogP contribution in [0.5, 0.6) is 5.75 Å². The van der Waals surface area contributed by atoms with Crippen molar-refractivity contribution < 1.29 is 17.9 Å². The van der Waals surface area contributed by atoms with Crippen LogP contribution >= 0.6 is 11.8 Å². The lowest BCUT2D eigenvalue weighted by Gasteiger charge is -2.20. The highest BCUT2D eigenvalue weighted by Gasteiger charge is 2.31. The lowest BCUT2D eigenvalue weighted by Crippen LogP contribution is -2.21. The third-order valence-electron chi connectivity index (χ3n) is 2.24. The number of thioether (sulfide) groups is 1. The van der Waals surface area contributed by atoms with Gasteiger partial charge in [-0.1, -0.05) is 0 Å². The standard InChI is InChI=1S/C11H15F3N2OS/c1-7(16(2)3)18-10-6-8(4-5-9(10)15)17-11(12,13)14/h4-7H,15H2,1-3H3. The summed E-state index contributed by atoms with van der Waals surface area (Å²) in [6.45, 7) is 1.93. The van der Waals surface area contributed by atoms with Gasteiger partial charge < -0.3 is 10.5 Å². The first kappa shape index (κ1) is 15.0. The molecule has 0 fully saturated rings. The van der Waals surface area contributed by atoms with Crippen molar-refractivity contribution in [2.45, 2.75) is 23.6 Å². The van der Waals surface area contributed by atoms with Crippen LogP contribution in [-0.4, -0.2) is 30.7 Å². The Kier molecular flexibility index (Phi) is 4.75. The number of benzene rings is 1. The minimum absolute atomic E-state index is 0.0911. The topological polar surface area (TPSA) is 38.5 Å². The third-order valence-corrected chi connectivity index (χ3v) is 3.61. The van der Waals surface area contributed by atoms with E-state index in [1.54, 1.807) is 0 Å². The van der Waals surface area contributed by atoms with E-state index in [0.29, 0.717) is 10.6 Å². The summed E-state index contributed by atoms with van der Waals surface area (Å²) < 4.78 is 40.1. The van der Waals surface area contributed by atoms with Crippen molar-refractivity contribution >= 4 is 17.4 Å². The first-order valence-corrected chi connectivity index (χ1v) is 6.05. The number of nitrogen functional groups attached to an aromatic ring is 1. The van der Waals surface area contributed by atoms with Crippen LogP contribution in [-0.2, 0) is 0 Å². The lowest BCUT2D eigenvalue weighted by atomic mass is 10.3. The van der Waals surface area contributed by atoms with Crippen molar-refractivity contribution in [2.24, 2.45) is 0 Å². The number of hydrogen-bond donors (Lipinski definition) is 1. The van der Waals surface area contributed by atoms with Gasteiger partial charge in [-0.25, -0.2) is 0 Å². The molecule has 1 aromatic carbocycles. The van der Waals surface area contributed by atoms with E-state index in [1.807, 2.05) is 25.9 Å². The second-order valence-corrected chi connectivity index (χ2v) is 5.29. The van der Waals surface area contributed by atoms with Gasteiger partial charge in [-0.3, -0.25) is 4.90 Å². The summed E-state index contributed by atoms with van der Waals surface area (Å²) in [5.41, 5.74) is 6.16. The quantitative estimate of drug-likeness (QED) is 0.522. The molecule has 0 aromatic heterocycles. The maximum Gasteiger partial charge on any atom is 0.573 e. The molecule has 0 aliphatic heterocycles. The highest BCUT2D eigenvalue weighted by Crippen LogP contribution is 2.34. The average molecular weight is 280 g/mol. The first-order chi connectivity index (χ1) is 8.19. The Hall–Kier alpha value is -1.08. The first-order valence-electron chi connectivity index (χ1n) is 5.17. The Balaban J connectivity index is 2.88. The van der Waals surface area contributed by atoms with Crippen LogP contribution in [0.2, 0.25) is 0 Å². The maximum absolute atomic E-state index is 12.1. The van der Waals surface area contributed by atoms with Gasteiger partial charge in [-0.05, 0) is 39.2 Å². The predicted octanol–water partition coefficient (Wildman–Crippen LogP) is 3.17. The van der Waals surface area contributed by atoms with Crippen LogP contribution in [0, 0.1) is 0 Å². The van der Waals surface area contributed by atoms with Crippen molar-refractivity contribution in [3.63, 3.8) is 0 Å². The molecular weight excluding hydrogens is 265 g/mol. The van der Waals surface area contributed by atoms with Crippen LogP contribution in [0.1, 0.15) is 6.92 Å². The molecular formula is C11H15F3N2OS. The average Bonchev–Trinajstić information content (AvgIpc) is 2.20. The zero-order valence-corrected chi connectivity index (χ0v) is 11.1. The van der Waals surface area contributed by atoms with Gasteiger partial charge in [0.1, 0.15) is 5.75 Å². The molecule has 0 heterocycles. The van der Waals surface area contributed by atoms with Crippen LogP contribution in [0.3, 0.4) is 0 Å². The van der Waals surface area contributed by atoms with E-state index in [2.05, 4.69) is 4.74 Å². The Morgan fingerprint density at radius 3 is 2.44 bits per heavy atom. The van der Waals surface area contributed by atoms with Crippen LogP contribution in [0.15, 0.2) is 23.1 Å². The second-order valence-electron chi connectivity index (χ2n) is 3.93. The fourth-order valence-corrected chi connectivity index (χ4v) is 2.07. The highest BCUT2D eigenvalue weighted by molar-refractivity contribution is 8.00. The third kappa shape index (κ3) is 4.66. The fraction of sp³-hybridized carbons (Fsp3) is 0.455. The number of ether oxygens (including phenoxy) is 1. The van der Waals surface area contributed by atoms with Crippen molar-refractivity contribution in [2.75, 3.05) is 19.8 Å². The van der Waals surface area contributed by atoms with Gasteiger partial charge in [0.25, 0.3) is 0 Å². The van der Waals surface area contributed by atoms with Gasteiger partial charge in [0.05, 0.1) is 5.37 Å². The van der Waals surface area contributed by atoms with Gasteiger partial charge in [-0.2, -0.15) is 0 Å². The molecule has 18 heavy (non-hydrogen) atoms. The van der Waals surface area contributed by atoms with Crippen molar-refractivity contribution in [1.82, 2.24) is 4.90 Å². The molecule has 0 aliphatic rings. The molecule has 0 spiro atoms. The van der Waals surface area contributed by atoms with Crippen LogP contribution in [0.4, 0.5) is 18.9 Å². The monoisotopic (exact) mass is 280 g/mol. The molecule has 0 radical (unpaired) electrons. The molecule has 0 bridgehead atoms. The number of alkyl halides is 3. The van der Waals surface area contributed by atoms with Crippen molar-refractivity contribution in [1.29, 1.82) is 0 Å². The number of nitrogens with zero attached hydrogens (tertiary/aromatic N) is 1. The predicted molar refractivity (Wildman–Crippen MR) is 66.5 cm³/mol. The normalized spacial score (nSPS) is 13.7. The zero-order chi connectivity index (χ0) is 13.9. The summed E-state index contributed by atoms with van der Waals surface area (Å²) in [7, 11) is 3.76. The molecule has 7 heteroatoms. The summed E-state index contributed by atoms with van der Waals surface area (Å²) in [5, 5.41) is 0.0911. The molecule has 1 unspecified atom stereocenters. The number of nitrogens with two attached hydrogens (primary N) is 1. The zero-order valence-electron chi connectivity index (χ0n) is 10.3. The molecule has 0 aliphatic carbocycles. The number of hydrogen-bond acceptors (Lipinski definition) is 4. The SMILES string of the molecule is CC(Sc1cc(OC(F)(F)F)ccc1N)N(C)C. The molecule has 0 saturated heterocycles. The Morgan fingerprint density at radius 1 is 1.33 bits per heavy atom. The number of halogens is 3. The van der Waals surface area contributed by atoms with E-state index < -0.39 is 6.36 Å². The van der Waals surface area contributed by atoms with Gasteiger partial charge in [-0.15, -0.1) is 24.9 Å². The van der Waals surface area contributed by atoms with Crippen molar-refractivity contribution in [3.8, 4) is 5.75 Å². The van der Waals surface area contributed by atoms with E-state index >= 15 is 0 Å².